The van der Waals surface area contributed by atoms with Gasteiger partial charge in [-0.15, -0.1) is 0 Å². The number of carbonyl (C=O) groups excluding carboxylic acids is 1. The van der Waals surface area contributed by atoms with Gasteiger partial charge >= 0.3 is 0 Å². The van der Waals surface area contributed by atoms with E-state index in [0.717, 1.165) is 42.7 Å². The van der Waals surface area contributed by atoms with Crippen molar-refractivity contribution in [3.8, 4) is 6.07 Å². The number of piperidine rings is 2. The van der Waals surface area contributed by atoms with Gasteiger partial charge in [-0.1, -0.05) is 12.1 Å². The van der Waals surface area contributed by atoms with E-state index in [0.29, 0.717) is 18.4 Å². The van der Waals surface area contributed by atoms with Crippen molar-refractivity contribution in [3.05, 3.63) is 29.3 Å². The number of nitrogens with one attached hydrogen (secondary N) is 1. The number of amides is 1. The summed E-state index contributed by atoms with van der Waals surface area (Å²) in [6.07, 6.45) is 2.56. The van der Waals surface area contributed by atoms with Gasteiger partial charge in [0.25, 0.3) is 0 Å². The minimum absolute atomic E-state index is 0.188. The third kappa shape index (κ3) is 2.24. The number of hydrogen-bond donors (Lipinski definition) is 1. The molecule has 104 valence electrons. The van der Waals surface area contributed by atoms with Gasteiger partial charge < -0.3 is 10.2 Å². The van der Waals surface area contributed by atoms with Crippen molar-refractivity contribution in [1.29, 1.82) is 5.26 Å². The van der Waals surface area contributed by atoms with E-state index in [1.54, 1.807) is 0 Å². The van der Waals surface area contributed by atoms with E-state index in [-0.39, 0.29) is 5.91 Å². The van der Waals surface area contributed by atoms with Crippen LogP contribution in [0.4, 0.5) is 5.69 Å². The molecule has 4 heteroatoms. The van der Waals surface area contributed by atoms with Crippen molar-refractivity contribution in [2.75, 3.05) is 18.0 Å². The van der Waals surface area contributed by atoms with Crippen LogP contribution in [0.15, 0.2) is 18.2 Å². The van der Waals surface area contributed by atoms with Crippen LogP contribution in [0, 0.1) is 24.2 Å². The number of nitriles is 1. The first kappa shape index (κ1) is 13.0. The van der Waals surface area contributed by atoms with Gasteiger partial charge in [0.2, 0.25) is 5.91 Å². The monoisotopic (exact) mass is 269 g/mol. The molecular formula is C16H19N3O. The van der Waals surface area contributed by atoms with Gasteiger partial charge in [-0.25, -0.2) is 0 Å². The van der Waals surface area contributed by atoms with E-state index in [2.05, 4.69) is 29.3 Å². The first-order valence-corrected chi connectivity index (χ1v) is 7.23. The van der Waals surface area contributed by atoms with Crippen LogP contribution in [0.2, 0.25) is 0 Å². The van der Waals surface area contributed by atoms with Crippen molar-refractivity contribution >= 4 is 11.6 Å². The quantitative estimate of drug-likeness (QED) is 0.848. The summed E-state index contributed by atoms with van der Waals surface area (Å²) in [5.74, 6) is 0.695. The molecule has 20 heavy (non-hydrogen) atoms. The van der Waals surface area contributed by atoms with Crippen LogP contribution in [0.25, 0.3) is 0 Å². The standard InChI is InChI=1S/C16H19N3O/c1-11-3-2-4-12(9-17)16(11)19-8-7-14-13(10-19)5-6-15(20)18-14/h2-4,13-14H,5-8,10H2,1H3,(H,18,20). The topological polar surface area (TPSA) is 56.1 Å². The Hall–Kier alpha value is -2.02. The normalized spacial score (nSPS) is 25.6. The molecule has 0 saturated carbocycles. The van der Waals surface area contributed by atoms with Crippen LogP contribution < -0.4 is 10.2 Å². The number of para-hydroxylation sites is 1. The molecule has 2 aliphatic heterocycles. The van der Waals surface area contributed by atoms with Gasteiger partial charge in [-0.2, -0.15) is 5.26 Å². The Morgan fingerprint density at radius 1 is 1.40 bits per heavy atom. The molecule has 1 aromatic rings. The number of rotatable bonds is 1. The summed E-state index contributed by atoms with van der Waals surface area (Å²) in [6, 6.07) is 8.50. The molecule has 2 heterocycles. The summed E-state index contributed by atoms with van der Waals surface area (Å²) in [5, 5.41) is 12.4. The summed E-state index contributed by atoms with van der Waals surface area (Å²) in [5.41, 5.74) is 2.98. The second kappa shape index (κ2) is 5.16. The summed E-state index contributed by atoms with van der Waals surface area (Å²) in [7, 11) is 0. The number of nitrogens with zero attached hydrogens (tertiary/aromatic N) is 2. The Balaban J connectivity index is 1.84. The number of benzene rings is 1. The SMILES string of the molecule is Cc1cccc(C#N)c1N1CCC2NC(=O)CCC2C1. The lowest BCUT2D eigenvalue weighted by atomic mass is 9.84. The highest BCUT2D eigenvalue weighted by atomic mass is 16.1. The molecule has 2 unspecified atom stereocenters. The maximum absolute atomic E-state index is 11.5. The van der Waals surface area contributed by atoms with Crippen LogP contribution in [-0.2, 0) is 4.79 Å². The fourth-order valence-electron chi connectivity index (χ4n) is 3.48. The molecule has 0 aliphatic carbocycles. The lowest BCUT2D eigenvalue weighted by molar-refractivity contribution is -0.124. The van der Waals surface area contributed by atoms with Gasteiger partial charge in [0, 0.05) is 25.6 Å². The van der Waals surface area contributed by atoms with Crippen LogP contribution in [0.3, 0.4) is 0 Å². The van der Waals surface area contributed by atoms with Crippen LogP contribution >= 0.6 is 0 Å². The van der Waals surface area contributed by atoms with Gasteiger partial charge in [0.1, 0.15) is 6.07 Å². The minimum Gasteiger partial charge on any atom is -0.370 e. The molecule has 0 spiro atoms. The molecule has 1 N–H and O–H groups in total. The van der Waals surface area contributed by atoms with Crippen molar-refractivity contribution in [1.82, 2.24) is 5.32 Å². The Morgan fingerprint density at radius 2 is 2.25 bits per heavy atom. The van der Waals surface area contributed by atoms with Crippen molar-refractivity contribution in [2.45, 2.75) is 32.2 Å². The van der Waals surface area contributed by atoms with Gasteiger partial charge in [0.15, 0.2) is 0 Å². The lowest BCUT2D eigenvalue weighted by Crippen LogP contribution is -2.54. The zero-order chi connectivity index (χ0) is 14.1. The Kier molecular flexibility index (Phi) is 3.35. The summed E-state index contributed by atoms with van der Waals surface area (Å²) < 4.78 is 0. The second-order valence-electron chi connectivity index (χ2n) is 5.79. The lowest BCUT2D eigenvalue weighted by Gasteiger charge is -2.43. The predicted octanol–water partition coefficient (Wildman–Crippen LogP) is 1.97. The average molecular weight is 269 g/mol. The third-order valence-corrected chi connectivity index (χ3v) is 4.50. The molecule has 1 amide bonds. The molecule has 2 aliphatic rings. The van der Waals surface area contributed by atoms with Crippen molar-refractivity contribution in [3.63, 3.8) is 0 Å². The summed E-state index contributed by atoms with van der Waals surface area (Å²) in [6.45, 7) is 3.90. The predicted molar refractivity (Wildman–Crippen MR) is 77.4 cm³/mol. The van der Waals surface area contributed by atoms with Crippen molar-refractivity contribution in [2.24, 2.45) is 5.92 Å². The summed E-state index contributed by atoms with van der Waals surface area (Å²) in [4.78, 5) is 13.8. The first-order chi connectivity index (χ1) is 9.69. The van der Waals surface area contributed by atoms with Crippen LogP contribution in [0.1, 0.15) is 30.4 Å². The van der Waals surface area contributed by atoms with Gasteiger partial charge in [-0.3, -0.25) is 4.79 Å². The van der Waals surface area contributed by atoms with E-state index in [9.17, 15) is 10.1 Å². The van der Waals surface area contributed by atoms with E-state index >= 15 is 0 Å². The maximum atomic E-state index is 11.5. The molecule has 2 atom stereocenters. The molecule has 2 fully saturated rings. The highest BCUT2D eigenvalue weighted by Gasteiger charge is 2.34. The number of hydrogen-bond acceptors (Lipinski definition) is 3. The third-order valence-electron chi connectivity index (χ3n) is 4.50. The zero-order valence-electron chi connectivity index (χ0n) is 11.7. The van der Waals surface area contributed by atoms with E-state index in [1.165, 1.54) is 0 Å². The fraction of sp³-hybridized carbons (Fsp3) is 0.500. The second-order valence-corrected chi connectivity index (χ2v) is 5.79. The molecule has 0 aromatic heterocycles. The Morgan fingerprint density at radius 3 is 3.05 bits per heavy atom. The molecule has 2 saturated heterocycles. The number of aryl methyl sites for hydroxylation is 1. The number of fused-ring (bicyclic) bond motifs is 1. The smallest absolute Gasteiger partial charge is 0.220 e. The molecule has 0 bridgehead atoms. The molecule has 1 aromatic carbocycles. The largest absolute Gasteiger partial charge is 0.370 e. The van der Waals surface area contributed by atoms with E-state index < -0.39 is 0 Å². The maximum Gasteiger partial charge on any atom is 0.220 e. The molecular weight excluding hydrogens is 250 g/mol. The van der Waals surface area contributed by atoms with E-state index in [1.807, 2.05) is 12.1 Å². The molecule has 4 nitrogen and oxygen atoms in total. The fourth-order valence-corrected chi connectivity index (χ4v) is 3.48. The van der Waals surface area contributed by atoms with Gasteiger partial charge in [0.05, 0.1) is 11.3 Å². The van der Waals surface area contributed by atoms with E-state index in [4.69, 9.17) is 0 Å². The Bertz CT molecular complexity index is 576. The number of anilines is 1. The average Bonchev–Trinajstić information content (AvgIpc) is 2.46. The van der Waals surface area contributed by atoms with Crippen LogP contribution in [-0.4, -0.2) is 25.0 Å². The van der Waals surface area contributed by atoms with Crippen LogP contribution in [0.5, 0.6) is 0 Å². The zero-order valence-corrected chi connectivity index (χ0v) is 11.7. The first-order valence-electron chi connectivity index (χ1n) is 7.23. The molecule has 3 rings (SSSR count). The number of carbonyl (C=O) groups is 1. The summed E-state index contributed by atoms with van der Waals surface area (Å²) >= 11 is 0. The Labute approximate surface area is 119 Å². The molecule has 0 radical (unpaired) electrons. The highest BCUT2D eigenvalue weighted by Crippen LogP contribution is 2.32. The minimum atomic E-state index is 0.188. The van der Waals surface area contributed by atoms with Crippen molar-refractivity contribution < 1.29 is 4.79 Å². The highest BCUT2D eigenvalue weighted by molar-refractivity contribution is 5.77. The van der Waals surface area contributed by atoms with Gasteiger partial charge in [-0.05, 0) is 37.3 Å².